The lowest BCUT2D eigenvalue weighted by molar-refractivity contribution is 0.252. The number of nitrogen functional groups attached to an aromatic ring is 1. The van der Waals surface area contributed by atoms with Crippen LogP contribution in [0.25, 0.3) is 0 Å². The third kappa shape index (κ3) is 3.98. The van der Waals surface area contributed by atoms with E-state index in [1.54, 1.807) is 12.1 Å². The maximum absolute atomic E-state index is 13.3. The molecule has 0 aromatic heterocycles. The van der Waals surface area contributed by atoms with Gasteiger partial charge in [0.2, 0.25) is 0 Å². The van der Waals surface area contributed by atoms with Crippen molar-refractivity contribution < 1.29 is 9.18 Å². The van der Waals surface area contributed by atoms with Crippen LogP contribution >= 0.6 is 0 Å². The Labute approximate surface area is 116 Å². The molecule has 0 aliphatic heterocycles. The Hall–Kier alpha value is -2.56. The Kier molecular flexibility index (Phi) is 4.55. The minimum absolute atomic E-state index is 0.164. The van der Waals surface area contributed by atoms with Gasteiger partial charge in [-0.1, -0.05) is 24.3 Å². The van der Waals surface area contributed by atoms with Gasteiger partial charge < -0.3 is 16.4 Å². The van der Waals surface area contributed by atoms with E-state index in [2.05, 4.69) is 10.6 Å². The van der Waals surface area contributed by atoms with Crippen LogP contribution in [0.15, 0.2) is 48.5 Å². The number of halogens is 1. The molecular formula is C15H16FN3O. The van der Waals surface area contributed by atoms with Crippen molar-refractivity contribution in [3.63, 3.8) is 0 Å². The molecule has 5 heteroatoms. The van der Waals surface area contributed by atoms with Gasteiger partial charge >= 0.3 is 6.03 Å². The van der Waals surface area contributed by atoms with E-state index >= 15 is 0 Å². The number of para-hydroxylation sites is 1. The summed E-state index contributed by atoms with van der Waals surface area (Å²) in [5.74, 6) is -0.457. The van der Waals surface area contributed by atoms with Crippen molar-refractivity contribution in [2.45, 2.75) is 6.42 Å². The maximum atomic E-state index is 13.3. The largest absolute Gasteiger partial charge is 0.399 e. The molecule has 0 fully saturated rings. The molecule has 0 aliphatic rings. The van der Waals surface area contributed by atoms with Crippen molar-refractivity contribution in [3.8, 4) is 0 Å². The van der Waals surface area contributed by atoms with Crippen LogP contribution in [-0.2, 0) is 6.42 Å². The molecule has 104 valence electrons. The highest BCUT2D eigenvalue weighted by atomic mass is 19.1. The van der Waals surface area contributed by atoms with Gasteiger partial charge in [-0.25, -0.2) is 9.18 Å². The number of hydrogen-bond acceptors (Lipinski definition) is 2. The molecule has 4 nitrogen and oxygen atoms in total. The average molecular weight is 273 g/mol. The Morgan fingerprint density at radius 3 is 2.50 bits per heavy atom. The summed E-state index contributed by atoms with van der Waals surface area (Å²) in [4.78, 5) is 11.6. The van der Waals surface area contributed by atoms with E-state index in [-0.39, 0.29) is 5.69 Å². The van der Waals surface area contributed by atoms with E-state index in [1.807, 2.05) is 24.3 Å². The number of anilines is 2. The molecule has 0 atom stereocenters. The predicted molar refractivity (Wildman–Crippen MR) is 78.0 cm³/mol. The third-order valence-electron chi connectivity index (χ3n) is 2.80. The van der Waals surface area contributed by atoms with Crippen LogP contribution < -0.4 is 16.4 Å². The first kappa shape index (κ1) is 13.9. The molecule has 0 aliphatic carbocycles. The molecule has 0 radical (unpaired) electrons. The zero-order valence-corrected chi connectivity index (χ0v) is 10.9. The molecule has 0 unspecified atom stereocenters. The van der Waals surface area contributed by atoms with Crippen molar-refractivity contribution in [1.29, 1.82) is 0 Å². The summed E-state index contributed by atoms with van der Waals surface area (Å²) < 4.78 is 13.3. The van der Waals surface area contributed by atoms with Gasteiger partial charge in [0.25, 0.3) is 0 Å². The van der Waals surface area contributed by atoms with Gasteiger partial charge in [-0.05, 0) is 36.2 Å². The second-order valence-electron chi connectivity index (χ2n) is 4.35. The number of urea groups is 1. The Morgan fingerprint density at radius 1 is 1.10 bits per heavy atom. The van der Waals surface area contributed by atoms with E-state index < -0.39 is 11.8 Å². The van der Waals surface area contributed by atoms with Crippen molar-refractivity contribution in [3.05, 3.63) is 59.9 Å². The van der Waals surface area contributed by atoms with Gasteiger partial charge in [0, 0.05) is 12.2 Å². The van der Waals surface area contributed by atoms with Gasteiger partial charge in [-0.15, -0.1) is 0 Å². The zero-order valence-electron chi connectivity index (χ0n) is 10.9. The summed E-state index contributed by atoms with van der Waals surface area (Å²) >= 11 is 0. The molecule has 2 amide bonds. The number of benzene rings is 2. The summed E-state index contributed by atoms with van der Waals surface area (Å²) in [6.45, 7) is 0.463. The number of hydrogen-bond donors (Lipinski definition) is 3. The smallest absolute Gasteiger partial charge is 0.319 e. The van der Waals surface area contributed by atoms with Crippen molar-refractivity contribution in [2.75, 3.05) is 17.6 Å². The summed E-state index contributed by atoms with van der Waals surface area (Å²) in [6.07, 6.45) is 0.685. The molecule has 2 aromatic carbocycles. The number of nitrogens with two attached hydrogens (primary N) is 1. The quantitative estimate of drug-likeness (QED) is 0.750. The first-order valence-electron chi connectivity index (χ1n) is 6.29. The second kappa shape index (κ2) is 6.56. The van der Waals surface area contributed by atoms with Crippen LogP contribution in [0.2, 0.25) is 0 Å². The Bertz CT molecular complexity index is 584. The van der Waals surface area contributed by atoms with Crippen LogP contribution in [0.5, 0.6) is 0 Å². The highest BCUT2D eigenvalue weighted by molar-refractivity contribution is 5.89. The highest BCUT2D eigenvalue weighted by Crippen LogP contribution is 2.11. The highest BCUT2D eigenvalue weighted by Gasteiger charge is 2.05. The fourth-order valence-electron chi connectivity index (χ4n) is 1.73. The minimum atomic E-state index is -0.457. The summed E-state index contributed by atoms with van der Waals surface area (Å²) in [6, 6.07) is 13.1. The number of amides is 2. The number of carbonyl (C=O) groups excluding carboxylic acids is 1. The van der Waals surface area contributed by atoms with E-state index in [4.69, 9.17) is 5.73 Å². The van der Waals surface area contributed by atoms with Crippen molar-refractivity contribution in [2.24, 2.45) is 0 Å². The van der Waals surface area contributed by atoms with Crippen molar-refractivity contribution >= 4 is 17.4 Å². The first-order chi connectivity index (χ1) is 9.65. The van der Waals surface area contributed by atoms with E-state index in [0.717, 1.165) is 5.56 Å². The predicted octanol–water partition coefficient (Wildman–Crippen LogP) is 2.77. The molecule has 4 N–H and O–H groups in total. The molecule has 0 saturated heterocycles. The number of rotatable bonds is 4. The SMILES string of the molecule is Nc1ccc(CCNC(=O)Nc2ccccc2F)cc1. The molecule has 0 saturated carbocycles. The van der Waals surface area contributed by atoms with Crippen LogP contribution in [-0.4, -0.2) is 12.6 Å². The van der Waals surface area contributed by atoms with Crippen LogP contribution in [0.1, 0.15) is 5.56 Å². The molecule has 0 spiro atoms. The first-order valence-corrected chi connectivity index (χ1v) is 6.29. The van der Waals surface area contributed by atoms with Gasteiger partial charge in [0.1, 0.15) is 5.82 Å². The monoisotopic (exact) mass is 273 g/mol. The molecular weight excluding hydrogens is 257 g/mol. The van der Waals surface area contributed by atoms with Crippen LogP contribution in [0.4, 0.5) is 20.6 Å². The van der Waals surface area contributed by atoms with E-state index in [0.29, 0.717) is 18.7 Å². The van der Waals surface area contributed by atoms with E-state index in [1.165, 1.54) is 12.1 Å². The molecule has 0 bridgehead atoms. The van der Waals surface area contributed by atoms with Gasteiger partial charge in [0.05, 0.1) is 5.69 Å². The minimum Gasteiger partial charge on any atom is -0.399 e. The number of nitrogens with one attached hydrogen (secondary N) is 2. The lowest BCUT2D eigenvalue weighted by atomic mass is 10.1. The summed E-state index contributed by atoms with van der Waals surface area (Å²) in [5.41, 5.74) is 7.53. The Balaban J connectivity index is 1.78. The maximum Gasteiger partial charge on any atom is 0.319 e. The van der Waals surface area contributed by atoms with Crippen molar-refractivity contribution in [1.82, 2.24) is 5.32 Å². The fraction of sp³-hybridized carbons (Fsp3) is 0.133. The van der Waals surface area contributed by atoms with Crippen LogP contribution in [0, 0.1) is 5.82 Å². The molecule has 2 rings (SSSR count). The van der Waals surface area contributed by atoms with Gasteiger partial charge in [-0.2, -0.15) is 0 Å². The number of carbonyl (C=O) groups is 1. The lowest BCUT2D eigenvalue weighted by Crippen LogP contribution is -2.30. The van der Waals surface area contributed by atoms with E-state index in [9.17, 15) is 9.18 Å². The molecule has 0 heterocycles. The molecule has 20 heavy (non-hydrogen) atoms. The average Bonchev–Trinajstić information content (AvgIpc) is 2.44. The lowest BCUT2D eigenvalue weighted by Gasteiger charge is -2.08. The molecule has 2 aromatic rings. The third-order valence-corrected chi connectivity index (χ3v) is 2.80. The standard InChI is InChI=1S/C15H16FN3O/c16-13-3-1-2-4-14(13)19-15(20)18-10-9-11-5-7-12(17)8-6-11/h1-8H,9-10,17H2,(H2,18,19,20). The van der Waals surface area contributed by atoms with Gasteiger partial charge in [0.15, 0.2) is 0 Å². The normalized spacial score (nSPS) is 10.1. The summed E-state index contributed by atoms with van der Waals surface area (Å²) in [7, 11) is 0. The van der Waals surface area contributed by atoms with Crippen LogP contribution in [0.3, 0.4) is 0 Å². The fourth-order valence-corrected chi connectivity index (χ4v) is 1.73. The second-order valence-corrected chi connectivity index (χ2v) is 4.35. The Morgan fingerprint density at radius 2 is 1.80 bits per heavy atom. The van der Waals surface area contributed by atoms with Gasteiger partial charge in [-0.3, -0.25) is 0 Å². The topological polar surface area (TPSA) is 67.1 Å². The zero-order chi connectivity index (χ0) is 14.4. The summed E-state index contributed by atoms with van der Waals surface area (Å²) in [5, 5.41) is 5.13.